The molecule has 0 bridgehead atoms. The maximum Gasteiger partial charge on any atom is 0.254 e. The van der Waals surface area contributed by atoms with E-state index in [9.17, 15) is 18.0 Å². The van der Waals surface area contributed by atoms with Gasteiger partial charge < -0.3 is 14.5 Å². The number of benzene rings is 1. The molecule has 1 aromatic rings. The van der Waals surface area contributed by atoms with Crippen molar-refractivity contribution in [2.75, 3.05) is 13.2 Å². The molecule has 0 unspecified atom stereocenters. The van der Waals surface area contributed by atoms with Gasteiger partial charge in [-0.1, -0.05) is 13.8 Å². The molecule has 9 heteroatoms. The fourth-order valence-electron chi connectivity index (χ4n) is 4.57. The molecule has 3 aliphatic rings. The third-order valence-electron chi connectivity index (χ3n) is 5.95. The van der Waals surface area contributed by atoms with Gasteiger partial charge in [-0.2, -0.15) is 0 Å². The van der Waals surface area contributed by atoms with Crippen LogP contribution in [0.25, 0.3) is 0 Å². The van der Waals surface area contributed by atoms with Crippen molar-refractivity contribution in [1.29, 1.82) is 0 Å². The van der Waals surface area contributed by atoms with Gasteiger partial charge in [-0.15, -0.1) is 0 Å². The number of sulfonamides is 1. The lowest BCUT2D eigenvalue weighted by molar-refractivity contribution is -0.139. The number of nitrogens with two attached hydrogens (primary N) is 1. The van der Waals surface area contributed by atoms with Crippen molar-refractivity contribution >= 4 is 21.8 Å². The van der Waals surface area contributed by atoms with Gasteiger partial charge in [-0.25, -0.2) is 13.6 Å². The molecule has 0 aromatic heterocycles. The molecule has 3 fully saturated rings. The summed E-state index contributed by atoms with van der Waals surface area (Å²) in [5, 5.41) is 5.10. The fourth-order valence-corrected chi connectivity index (χ4v) is 5.08. The number of rotatable bonds is 3. The number of hydrogen-bond donors (Lipinski definition) is 1. The maximum absolute atomic E-state index is 13.0. The summed E-state index contributed by atoms with van der Waals surface area (Å²) in [6.07, 6.45) is 0.845. The van der Waals surface area contributed by atoms with E-state index in [0.717, 1.165) is 0 Å². The average Bonchev–Trinajstić information content (AvgIpc) is 3.23. The Labute approximate surface area is 158 Å². The lowest BCUT2D eigenvalue weighted by Crippen LogP contribution is -2.51. The van der Waals surface area contributed by atoms with Crippen molar-refractivity contribution in [2.24, 2.45) is 11.1 Å². The van der Waals surface area contributed by atoms with E-state index >= 15 is 0 Å². The molecule has 8 nitrogen and oxygen atoms in total. The molecule has 3 aliphatic heterocycles. The lowest BCUT2D eigenvalue weighted by atomic mass is 10.0. The summed E-state index contributed by atoms with van der Waals surface area (Å²) in [5.41, 5.74) is -0.355. The molecule has 2 amide bonds. The predicted molar refractivity (Wildman–Crippen MR) is 96.0 cm³/mol. The van der Waals surface area contributed by atoms with Crippen molar-refractivity contribution in [2.45, 2.75) is 49.4 Å². The average molecular weight is 393 g/mol. The molecule has 3 atom stereocenters. The Morgan fingerprint density at radius 3 is 2.56 bits per heavy atom. The number of hydrogen-bond acceptors (Lipinski definition) is 5. The Morgan fingerprint density at radius 1 is 1.30 bits per heavy atom. The van der Waals surface area contributed by atoms with Crippen LogP contribution in [-0.4, -0.2) is 61.0 Å². The van der Waals surface area contributed by atoms with Crippen LogP contribution in [0.4, 0.5) is 0 Å². The van der Waals surface area contributed by atoms with Crippen LogP contribution >= 0.6 is 0 Å². The van der Waals surface area contributed by atoms with E-state index in [4.69, 9.17) is 9.88 Å². The van der Waals surface area contributed by atoms with Gasteiger partial charge in [0, 0.05) is 18.5 Å². The van der Waals surface area contributed by atoms with Crippen LogP contribution in [0.2, 0.25) is 0 Å². The summed E-state index contributed by atoms with van der Waals surface area (Å²) in [5.74, 6) is 0.0740. The van der Waals surface area contributed by atoms with Gasteiger partial charge >= 0.3 is 0 Å². The van der Waals surface area contributed by atoms with Gasteiger partial charge in [0.2, 0.25) is 15.9 Å². The summed E-state index contributed by atoms with van der Waals surface area (Å²) in [6.45, 7) is 5.12. The number of nitrogens with zero attached hydrogens (tertiary/aromatic N) is 2. The van der Waals surface area contributed by atoms with E-state index < -0.39 is 15.7 Å². The minimum absolute atomic E-state index is 0.0262. The molecule has 1 spiro atoms. The molecule has 27 heavy (non-hydrogen) atoms. The van der Waals surface area contributed by atoms with E-state index in [1.54, 1.807) is 4.90 Å². The first-order chi connectivity index (χ1) is 12.6. The minimum atomic E-state index is -3.81. The molecule has 146 valence electrons. The summed E-state index contributed by atoms with van der Waals surface area (Å²) in [7, 11) is -3.81. The summed E-state index contributed by atoms with van der Waals surface area (Å²) < 4.78 is 28.9. The zero-order chi connectivity index (χ0) is 19.6. The highest BCUT2D eigenvalue weighted by molar-refractivity contribution is 7.89. The number of amides is 2. The standard InChI is InChI=1S/C18H23N3O5S/c1-11(2)14-10-26-18-7-8-20(15(18)9-16(22)21(14)18)17(23)12-3-5-13(6-4-12)27(19,24)25/h3-6,11,14-15H,7-10H2,1-2H3,(H2,19,24,25)/t14-,15+,18-/m0/s1. The van der Waals surface area contributed by atoms with Crippen LogP contribution < -0.4 is 5.14 Å². The number of ether oxygens (including phenoxy) is 1. The van der Waals surface area contributed by atoms with Crippen LogP contribution in [0.15, 0.2) is 29.2 Å². The van der Waals surface area contributed by atoms with Crippen LogP contribution in [-0.2, 0) is 19.6 Å². The molecular weight excluding hydrogens is 370 g/mol. The maximum atomic E-state index is 13.0. The Morgan fingerprint density at radius 2 is 1.96 bits per heavy atom. The second kappa shape index (κ2) is 6.02. The SMILES string of the molecule is CC(C)[C@@H]1CO[C@@]23CCN(C(=O)c4ccc(S(N)(=O)=O)cc4)[C@@H]2CC(=O)N13. The van der Waals surface area contributed by atoms with Crippen LogP contribution in [0.5, 0.6) is 0 Å². The zero-order valence-electron chi connectivity index (χ0n) is 15.3. The number of carbonyl (C=O) groups excluding carboxylic acids is 2. The van der Waals surface area contributed by atoms with Crippen molar-refractivity contribution < 1.29 is 22.7 Å². The Balaban J connectivity index is 1.60. The minimum Gasteiger partial charge on any atom is -0.351 e. The first-order valence-corrected chi connectivity index (χ1v) is 10.6. The third-order valence-corrected chi connectivity index (χ3v) is 6.88. The van der Waals surface area contributed by atoms with E-state index in [0.29, 0.717) is 25.1 Å². The van der Waals surface area contributed by atoms with Crippen molar-refractivity contribution in [3.8, 4) is 0 Å². The van der Waals surface area contributed by atoms with Crippen LogP contribution in [0, 0.1) is 5.92 Å². The quantitative estimate of drug-likeness (QED) is 0.806. The highest BCUT2D eigenvalue weighted by Gasteiger charge is 2.65. The second-order valence-electron chi connectivity index (χ2n) is 7.77. The Bertz CT molecular complexity index is 898. The lowest BCUT2D eigenvalue weighted by Gasteiger charge is -2.34. The van der Waals surface area contributed by atoms with Crippen LogP contribution in [0.3, 0.4) is 0 Å². The molecule has 4 rings (SSSR count). The topological polar surface area (TPSA) is 110 Å². The monoisotopic (exact) mass is 393 g/mol. The third kappa shape index (κ3) is 2.67. The normalized spacial score (nSPS) is 30.1. The molecule has 1 aromatic carbocycles. The molecule has 3 heterocycles. The van der Waals surface area contributed by atoms with Crippen molar-refractivity contribution in [1.82, 2.24) is 9.80 Å². The van der Waals surface area contributed by atoms with E-state index in [1.807, 2.05) is 4.90 Å². The van der Waals surface area contributed by atoms with E-state index in [2.05, 4.69) is 13.8 Å². The number of primary sulfonamides is 1. The molecule has 0 saturated carbocycles. The van der Waals surface area contributed by atoms with Gasteiger partial charge in [-0.3, -0.25) is 9.59 Å². The molecular formula is C18H23N3O5S. The Kier molecular flexibility index (Phi) is 4.10. The van der Waals surface area contributed by atoms with Gasteiger partial charge in [0.1, 0.15) is 0 Å². The summed E-state index contributed by atoms with van der Waals surface area (Å²) >= 11 is 0. The van der Waals surface area contributed by atoms with E-state index in [-0.39, 0.29) is 41.1 Å². The molecule has 2 N–H and O–H groups in total. The van der Waals surface area contributed by atoms with Crippen LogP contribution in [0.1, 0.15) is 37.0 Å². The predicted octanol–water partition coefficient (Wildman–Crippen LogP) is 0.532. The second-order valence-corrected chi connectivity index (χ2v) is 9.33. The number of likely N-dealkylation sites (tertiary alicyclic amines) is 1. The smallest absolute Gasteiger partial charge is 0.254 e. The molecule has 3 saturated heterocycles. The first kappa shape index (κ1) is 18.4. The van der Waals surface area contributed by atoms with Crippen molar-refractivity contribution in [3.63, 3.8) is 0 Å². The van der Waals surface area contributed by atoms with Gasteiger partial charge in [0.15, 0.2) is 5.72 Å². The van der Waals surface area contributed by atoms with E-state index in [1.165, 1.54) is 24.3 Å². The Hall–Kier alpha value is -1.97. The first-order valence-electron chi connectivity index (χ1n) is 9.05. The summed E-state index contributed by atoms with van der Waals surface area (Å²) in [4.78, 5) is 29.2. The number of carbonyl (C=O) groups is 2. The highest BCUT2D eigenvalue weighted by atomic mass is 32.2. The van der Waals surface area contributed by atoms with Gasteiger partial charge in [0.25, 0.3) is 5.91 Å². The molecule has 0 radical (unpaired) electrons. The van der Waals surface area contributed by atoms with Gasteiger partial charge in [0.05, 0.1) is 30.0 Å². The fraction of sp³-hybridized carbons (Fsp3) is 0.556. The largest absolute Gasteiger partial charge is 0.351 e. The highest BCUT2D eigenvalue weighted by Crippen LogP contribution is 2.49. The van der Waals surface area contributed by atoms with Gasteiger partial charge in [-0.05, 0) is 30.2 Å². The molecule has 0 aliphatic carbocycles. The summed E-state index contributed by atoms with van der Waals surface area (Å²) in [6, 6.07) is 5.26. The van der Waals surface area contributed by atoms with Crippen molar-refractivity contribution in [3.05, 3.63) is 29.8 Å². The zero-order valence-corrected chi connectivity index (χ0v) is 16.1.